The van der Waals surface area contributed by atoms with Gasteiger partial charge in [0.2, 0.25) is 0 Å². The molecule has 0 bridgehead atoms. The van der Waals surface area contributed by atoms with E-state index in [-0.39, 0.29) is 0 Å². The minimum absolute atomic E-state index is 0.750. The fourth-order valence-electron chi connectivity index (χ4n) is 0.122. The lowest BCUT2D eigenvalue weighted by atomic mass is 9.86. The second-order valence-electron chi connectivity index (χ2n) is 1.09. The smallest absolute Gasteiger partial charge is 0.426 e. The molecule has 0 spiro atoms. The van der Waals surface area contributed by atoms with Crippen molar-refractivity contribution in [3.05, 3.63) is 12.7 Å². The Morgan fingerprint density at radius 1 is 1.71 bits per heavy atom. The average Bonchev–Trinajstić information content (AvgIpc) is 1.65. The Morgan fingerprint density at radius 3 is 2.14 bits per heavy atom. The molecule has 1 atom stereocenters. The second-order valence-corrected chi connectivity index (χ2v) is 1.60. The summed E-state index contributed by atoms with van der Waals surface area (Å²) in [5, 5.41) is 15.6. The summed E-state index contributed by atoms with van der Waals surface area (Å²) < 4.78 is 0. The fraction of sp³-hybridized carbons (Fsp3) is 0.333. The van der Waals surface area contributed by atoms with Gasteiger partial charge in [-0.3, -0.25) is 0 Å². The van der Waals surface area contributed by atoms with Gasteiger partial charge >= 0.3 is 7.12 Å². The number of halogens is 1. The fourth-order valence-corrected chi connectivity index (χ4v) is 0.122. The van der Waals surface area contributed by atoms with Crippen LogP contribution in [0, 0.1) is 0 Å². The molecule has 0 rings (SSSR count). The highest BCUT2D eigenvalue weighted by molar-refractivity contribution is 6.58. The minimum atomic E-state index is -1.49. The van der Waals surface area contributed by atoms with Gasteiger partial charge in [0, 0.05) is 0 Å². The predicted molar refractivity (Wildman–Crippen MR) is 30.0 cm³/mol. The monoisotopic (exact) mass is 120 g/mol. The largest absolute Gasteiger partial charge is 0.474 e. The lowest BCUT2D eigenvalue weighted by Crippen LogP contribution is -2.23. The van der Waals surface area contributed by atoms with Crippen molar-refractivity contribution in [2.75, 3.05) is 0 Å². The molecule has 0 fully saturated rings. The zero-order valence-corrected chi connectivity index (χ0v) is 4.47. The third kappa shape index (κ3) is 2.68. The molecule has 0 aromatic rings. The van der Waals surface area contributed by atoms with E-state index in [1.807, 2.05) is 0 Å². The molecule has 0 heterocycles. The summed E-state index contributed by atoms with van der Waals surface area (Å²) in [4.78, 5) is 0. The highest BCUT2D eigenvalue weighted by atomic mass is 35.5. The summed E-state index contributed by atoms with van der Waals surface area (Å²) in [5.41, 5.74) is 0. The highest BCUT2D eigenvalue weighted by Gasteiger charge is 2.15. The number of hydrogen-bond acceptors (Lipinski definition) is 2. The van der Waals surface area contributed by atoms with Crippen molar-refractivity contribution in [1.82, 2.24) is 0 Å². The van der Waals surface area contributed by atoms with E-state index < -0.39 is 12.4 Å². The molecule has 0 aromatic carbocycles. The number of rotatable bonds is 2. The van der Waals surface area contributed by atoms with Crippen LogP contribution in [0.25, 0.3) is 0 Å². The summed E-state index contributed by atoms with van der Waals surface area (Å²) in [6, 6.07) is 0. The maximum Gasteiger partial charge on any atom is 0.474 e. The maximum atomic E-state index is 8.17. The molecule has 4 heteroatoms. The molecule has 0 saturated carbocycles. The van der Waals surface area contributed by atoms with Gasteiger partial charge < -0.3 is 10.0 Å². The Hall–Kier alpha value is 0.0149. The van der Waals surface area contributed by atoms with Crippen LogP contribution in [0.2, 0.25) is 0 Å². The van der Waals surface area contributed by atoms with Gasteiger partial charge in [-0.25, -0.2) is 0 Å². The summed E-state index contributed by atoms with van der Waals surface area (Å²) in [5.74, 6) is 0. The van der Waals surface area contributed by atoms with Crippen LogP contribution in [0.1, 0.15) is 0 Å². The van der Waals surface area contributed by atoms with Crippen molar-refractivity contribution < 1.29 is 10.0 Å². The van der Waals surface area contributed by atoms with Gasteiger partial charge in [0.1, 0.15) is 0 Å². The zero-order chi connectivity index (χ0) is 5.86. The van der Waals surface area contributed by atoms with E-state index in [1.165, 1.54) is 6.08 Å². The molecule has 1 unspecified atom stereocenters. The molecule has 0 radical (unpaired) electrons. The molecule has 0 aliphatic carbocycles. The normalized spacial score (nSPS) is 13.0. The molecule has 7 heavy (non-hydrogen) atoms. The summed E-state index contributed by atoms with van der Waals surface area (Å²) in [6.07, 6.45) is 1.26. The van der Waals surface area contributed by atoms with Gasteiger partial charge in [-0.05, 0) is 0 Å². The molecule has 2 nitrogen and oxygen atoms in total. The topological polar surface area (TPSA) is 40.5 Å². The molecule has 40 valence electrons. The van der Waals surface area contributed by atoms with Gasteiger partial charge in [0.15, 0.2) is 0 Å². The number of allylic oxidation sites excluding steroid dienone is 1. The standard InChI is InChI=1S/C3H6BClO2/c1-2-3(5)4(6)7/h2-3,6-7H,1H2. The predicted octanol–water partition coefficient (Wildman–Crippen LogP) is -0.208. The minimum Gasteiger partial charge on any atom is -0.426 e. The van der Waals surface area contributed by atoms with Crippen molar-refractivity contribution in [3.8, 4) is 0 Å². The third-order valence-corrected chi connectivity index (χ3v) is 0.914. The van der Waals surface area contributed by atoms with Crippen LogP contribution in [-0.4, -0.2) is 22.4 Å². The van der Waals surface area contributed by atoms with Crippen molar-refractivity contribution in [2.24, 2.45) is 0 Å². The van der Waals surface area contributed by atoms with E-state index in [0.29, 0.717) is 0 Å². The Bertz CT molecular complexity index is 66.0. The summed E-state index contributed by atoms with van der Waals surface area (Å²) in [7, 11) is -1.49. The van der Waals surface area contributed by atoms with E-state index in [4.69, 9.17) is 21.6 Å². The van der Waals surface area contributed by atoms with E-state index >= 15 is 0 Å². The van der Waals surface area contributed by atoms with Crippen LogP contribution in [0.15, 0.2) is 12.7 Å². The van der Waals surface area contributed by atoms with E-state index in [0.717, 1.165) is 0 Å². The molecule has 0 aromatic heterocycles. The molecule has 0 aliphatic heterocycles. The van der Waals surface area contributed by atoms with E-state index in [1.54, 1.807) is 0 Å². The zero-order valence-electron chi connectivity index (χ0n) is 3.71. The molecular weight excluding hydrogens is 114 g/mol. The van der Waals surface area contributed by atoms with Gasteiger partial charge in [0.05, 0.1) is 5.28 Å². The van der Waals surface area contributed by atoms with Crippen LogP contribution in [0.4, 0.5) is 0 Å². The second kappa shape index (κ2) is 3.07. The molecule has 0 aliphatic rings. The van der Waals surface area contributed by atoms with Crippen LogP contribution >= 0.6 is 11.6 Å². The maximum absolute atomic E-state index is 8.17. The Labute approximate surface area is 47.6 Å². The number of hydrogen-bond donors (Lipinski definition) is 2. The van der Waals surface area contributed by atoms with Crippen molar-refractivity contribution >= 4 is 18.7 Å². The first-order chi connectivity index (χ1) is 3.18. The lowest BCUT2D eigenvalue weighted by molar-refractivity contribution is 0.408. The van der Waals surface area contributed by atoms with E-state index in [2.05, 4.69) is 6.58 Å². The summed E-state index contributed by atoms with van der Waals surface area (Å²) in [6.45, 7) is 3.23. The van der Waals surface area contributed by atoms with Crippen LogP contribution in [0.3, 0.4) is 0 Å². The lowest BCUT2D eigenvalue weighted by Gasteiger charge is -1.96. The van der Waals surface area contributed by atoms with Gasteiger partial charge in [0.25, 0.3) is 0 Å². The Kier molecular flexibility index (Phi) is 3.08. The van der Waals surface area contributed by atoms with E-state index in [9.17, 15) is 0 Å². The Balaban J connectivity index is 3.33. The first kappa shape index (κ1) is 7.01. The van der Waals surface area contributed by atoms with Gasteiger partial charge in [-0.2, -0.15) is 0 Å². The quantitative estimate of drug-likeness (QED) is 0.301. The van der Waals surface area contributed by atoms with Crippen LogP contribution in [0.5, 0.6) is 0 Å². The summed E-state index contributed by atoms with van der Waals surface area (Å²) >= 11 is 5.18. The SMILES string of the molecule is C=CC(Cl)B(O)O. The van der Waals surface area contributed by atoms with Crippen LogP contribution < -0.4 is 0 Å². The van der Waals surface area contributed by atoms with Crippen molar-refractivity contribution in [2.45, 2.75) is 5.28 Å². The average molecular weight is 120 g/mol. The van der Waals surface area contributed by atoms with Gasteiger partial charge in [-0.1, -0.05) is 6.08 Å². The van der Waals surface area contributed by atoms with Crippen molar-refractivity contribution in [3.63, 3.8) is 0 Å². The first-order valence-corrected chi connectivity index (χ1v) is 2.25. The molecular formula is C3H6BClO2. The number of alkyl halides is 1. The van der Waals surface area contributed by atoms with Gasteiger partial charge in [-0.15, -0.1) is 18.2 Å². The van der Waals surface area contributed by atoms with Crippen molar-refractivity contribution in [1.29, 1.82) is 0 Å². The molecule has 0 amide bonds. The third-order valence-electron chi connectivity index (χ3n) is 0.510. The molecule has 2 N–H and O–H groups in total. The Morgan fingerprint density at radius 2 is 2.14 bits per heavy atom. The highest BCUT2D eigenvalue weighted by Crippen LogP contribution is 1.95. The molecule has 0 saturated heterocycles. The van der Waals surface area contributed by atoms with Crippen LogP contribution in [-0.2, 0) is 0 Å². The first-order valence-electron chi connectivity index (χ1n) is 1.81.